The molecule has 1 rings (SSSR count). The molecule has 0 amide bonds. The van der Waals surface area contributed by atoms with Crippen molar-refractivity contribution in [3.05, 3.63) is 22.0 Å². The third-order valence-electron chi connectivity index (χ3n) is 2.79. The number of aliphatic hydroxyl groups excluding tert-OH is 1. The van der Waals surface area contributed by atoms with E-state index in [1.807, 2.05) is 0 Å². The minimum absolute atomic E-state index is 0.191. The number of hydrogen-bond acceptors (Lipinski definition) is 5. The molecule has 0 unspecified atom stereocenters. The van der Waals surface area contributed by atoms with Crippen molar-refractivity contribution in [2.75, 3.05) is 20.1 Å². The third kappa shape index (κ3) is 3.42. The Bertz CT molecular complexity index is 340. The maximum Gasteiger partial charge on any atom is 0.326 e. The van der Waals surface area contributed by atoms with Crippen LogP contribution in [0.15, 0.2) is 16.9 Å². The van der Waals surface area contributed by atoms with Gasteiger partial charge < -0.3 is 15.7 Å². The second-order valence-corrected chi connectivity index (χ2v) is 3.93. The molecule has 17 heavy (non-hydrogen) atoms. The van der Waals surface area contributed by atoms with E-state index in [0.717, 1.165) is 12.6 Å². The van der Waals surface area contributed by atoms with Crippen LogP contribution in [0.5, 0.6) is 0 Å². The Balaban J connectivity index is 2.84. The number of aliphatic hydroxyl groups is 1. The molecule has 7 heteroatoms. The van der Waals surface area contributed by atoms with Gasteiger partial charge >= 0.3 is 5.70 Å². The summed E-state index contributed by atoms with van der Waals surface area (Å²) in [5.74, 6) is 0.284. The highest BCUT2D eigenvalue weighted by Crippen LogP contribution is 2.14. The fourth-order valence-corrected chi connectivity index (χ4v) is 1.93. The molecule has 0 aromatic heterocycles. The Kier molecular flexibility index (Phi) is 4.89. The summed E-state index contributed by atoms with van der Waals surface area (Å²) >= 11 is 0. The average molecular weight is 242 g/mol. The van der Waals surface area contributed by atoms with Crippen molar-refractivity contribution in [3.63, 3.8) is 0 Å². The van der Waals surface area contributed by atoms with Crippen LogP contribution in [0.25, 0.3) is 0 Å². The van der Waals surface area contributed by atoms with Gasteiger partial charge in [-0.25, -0.2) is 0 Å². The molecule has 1 saturated heterocycles. The van der Waals surface area contributed by atoms with Gasteiger partial charge in [-0.3, -0.25) is 15.1 Å². The van der Waals surface area contributed by atoms with E-state index < -0.39 is 4.92 Å². The van der Waals surface area contributed by atoms with Gasteiger partial charge in [0, 0.05) is 20.1 Å². The van der Waals surface area contributed by atoms with E-state index in [1.54, 1.807) is 4.90 Å². The average Bonchev–Trinajstić information content (AvgIpc) is 2.50. The van der Waals surface area contributed by atoms with Gasteiger partial charge in [0.15, 0.2) is 0 Å². The van der Waals surface area contributed by atoms with Crippen molar-refractivity contribution in [2.45, 2.75) is 25.4 Å². The predicted octanol–water partition coefficient (Wildman–Crippen LogP) is -0.0617. The molecule has 0 bridgehead atoms. The van der Waals surface area contributed by atoms with E-state index in [4.69, 9.17) is 5.73 Å². The first kappa shape index (κ1) is 13.4. The molecule has 0 spiro atoms. The van der Waals surface area contributed by atoms with Crippen molar-refractivity contribution in [3.8, 4) is 0 Å². The molecule has 0 aromatic carbocycles. The van der Waals surface area contributed by atoms with Crippen molar-refractivity contribution >= 4 is 5.84 Å². The lowest BCUT2D eigenvalue weighted by molar-refractivity contribution is -0.416. The van der Waals surface area contributed by atoms with Crippen LogP contribution in [0.4, 0.5) is 0 Å². The molecule has 0 radical (unpaired) electrons. The lowest BCUT2D eigenvalue weighted by Gasteiger charge is -2.21. The molecule has 3 N–H and O–H groups in total. The van der Waals surface area contributed by atoms with E-state index in [1.165, 1.54) is 7.05 Å². The summed E-state index contributed by atoms with van der Waals surface area (Å²) in [5, 5.41) is 20.4. The van der Waals surface area contributed by atoms with E-state index in [9.17, 15) is 15.2 Å². The smallest absolute Gasteiger partial charge is 0.326 e. The Labute approximate surface area is 99.8 Å². The first-order chi connectivity index (χ1) is 8.10. The number of amidine groups is 1. The molecular weight excluding hydrogens is 224 g/mol. The van der Waals surface area contributed by atoms with Crippen molar-refractivity contribution < 1.29 is 10.0 Å². The van der Waals surface area contributed by atoms with Crippen LogP contribution in [-0.4, -0.2) is 47.0 Å². The molecule has 0 aliphatic carbocycles. The summed E-state index contributed by atoms with van der Waals surface area (Å²) in [5.41, 5.74) is 5.07. The highest BCUT2D eigenvalue weighted by molar-refractivity contribution is 5.95. The first-order valence-corrected chi connectivity index (χ1v) is 5.56. The summed E-state index contributed by atoms with van der Waals surface area (Å²) in [6, 6.07) is 0. The molecule has 7 nitrogen and oxygen atoms in total. The minimum atomic E-state index is -0.538. The number of hydrogen-bond donors (Lipinski definition) is 2. The van der Waals surface area contributed by atoms with Crippen LogP contribution in [0.3, 0.4) is 0 Å². The molecule has 1 aliphatic heterocycles. The van der Waals surface area contributed by atoms with Crippen LogP contribution >= 0.6 is 0 Å². The van der Waals surface area contributed by atoms with E-state index in [0.29, 0.717) is 25.9 Å². The van der Waals surface area contributed by atoms with Gasteiger partial charge in [0.05, 0.1) is 17.2 Å². The Morgan fingerprint density at radius 3 is 2.82 bits per heavy atom. The van der Waals surface area contributed by atoms with E-state index >= 15 is 0 Å². The molecule has 1 fully saturated rings. The summed E-state index contributed by atoms with van der Waals surface area (Å²) in [6.07, 6.45) is 2.72. The van der Waals surface area contributed by atoms with E-state index in [2.05, 4.69) is 4.99 Å². The predicted molar refractivity (Wildman–Crippen MR) is 64.1 cm³/mol. The molecule has 96 valence electrons. The number of likely N-dealkylation sites (tertiary alicyclic amines) is 1. The van der Waals surface area contributed by atoms with Gasteiger partial charge in [-0.15, -0.1) is 0 Å². The van der Waals surface area contributed by atoms with Crippen molar-refractivity contribution in [1.82, 2.24) is 4.90 Å². The Morgan fingerprint density at radius 2 is 2.29 bits per heavy atom. The highest BCUT2D eigenvalue weighted by atomic mass is 16.6. The number of nitrogens with two attached hydrogens (primary N) is 1. The van der Waals surface area contributed by atoms with Crippen molar-refractivity contribution in [1.29, 1.82) is 0 Å². The lowest BCUT2D eigenvalue weighted by atomic mass is 10.2. The van der Waals surface area contributed by atoms with Gasteiger partial charge in [0.25, 0.3) is 0 Å². The maximum absolute atomic E-state index is 10.8. The second kappa shape index (κ2) is 6.19. The molecule has 1 atom stereocenters. The van der Waals surface area contributed by atoms with Crippen molar-refractivity contribution in [2.24, 2.45) is 10.7 Å². The summed E-state index contributed by atoms with van der Waals surface area (Å²) in [6.45, 7) is 1.20. The zero-order chi connectivity index (χ0) is 12.8. The third-order valence-corrected chi connectivity index (χ3v) is 2.79. The maximum atomic E-state index is 10.8. The van der Waals surface area contributed by atoms with Gasteiger partial charge in [-0.05, 0) is 19.3 Å². The standard InChI is InChI=1S/C10H18N4O3/c1-12-10(9(7-11)14(16)17)13-5-2-3-8(15)4-6-13/h7-8,15H,2-6,11H2,1H3/b9-7+,12-10?/t8-/m0/s1. The lowest BCUT2D eigenvalue weighted by Crippen LogP contribution is -2.36. The Morgan fingerprint density at radius 1 is 1.59 bits per heavy atom. The zero-order valence-electron chi connectivity index (χ0n) is 9.87. The Hall–Kier alpha value is -1.63. The summed E-state index contributed by atoms with van der Waals surface area (Å²) in [7, 11) is 1.50. The summed E-state index contributed by atoms with van der Waals surface area (Å²) in [4.78, 5) is 16.0. The van der Waals surface area contributed by atoms with Gasteiger partial charge in [0.2, 0.25) is 5.84 Å². The highest BCUT2D eigenvalue weighted by Gasteiger charge is 2.26. The van der Waals surface area contributed by atoms with Gasteiger partial charge in [-0.1, -0.05) is 0 Å². The molecule has 0 saturated carbocycles. The van der Waals surface area contributed by atoms with Crippen LogP contribution < -0.4 is 5.73 Å². The minimum Gasteiger partial charge on any atom is -0.399 e. The number of rotatable bonds is 2. The topological polar surface area (TPSA) is 105 Å². The zero-order valence-corrected chi connectivity index (χ0v) is 9.87. The van der Waals surface area contributed by atoms with Crippen LogP contribution in [0, 0.1) is 10.1 Å². The number of aliphatic imine (C=N–C) groups is 1. The summed E-state index contributed by atoms with van der Waals surface area (Å²) < 4.78 is 0. The number of nitrogens with zero attached hydrogens (tertiary/aromatic N) is 3. The normalized spacial score (nSPS) is 23.4. The molecule has 1 aliphatic rings. The SMILES string of the molecule is CN=C(/C(=C\N)[N+](=O)[O-])N1CCC[C@H](O)CC1. The first-order valence-electron chi connectivity index (χ1n) is 5.56. The van der Waals surface area contributed by atoms with E-state index in [-0.39, 0.29) is 17.6 Å². The monoisotopic (exact) mass is 242 g/mol. The quantitative estimate of drug-likeness (QED) is 0.305. The van der Waals surface area contributed by atoms with Crippen LogP contribution in [0.2, 0.25) is 0 Å². The number of nitro groups is 1. The molecule has 1 heterocycles. The van der Waals surface area contributed by atoms with Gasteiger partial charge in [0.1, 0.15) is 0 Å². The second-order valence-electron chi connectivity index (χ2n) is 3.93. The van der Waals surface area contributed by atoms with Gasteiger partial charge in [-0.2, -0.15) is 0 Å². The largest absolute Gasteiger partial charge is 0.399 e. The fraction of sp³-hybridized carbons (Fsp3) is 0.700. The molecular formula is C10H18N4O3. The molecule has 0 aromatic rings. The fourth-order valence-electron chi connectivity index (χ4n) is 1.93. The van der Waals surface area contributed by atoms with Crippen LogP contribution in [0.1, 0.15) is 19.3 Å². The van der Waals surface area contributed by atoms with Crippen LogP contribution in [-0.2, 0) is 0 Å².